The quantitative estimate of drug-likeness (QED) is 0.656. The standard InChI is InChI=1S/C19H21BrO/c1-13(2)14-5-7-15(8-6-14)19(20)17-9-10-18-16(12-17)4-3-11-21-18/h5-10,12-13,19H,3-4,11H2,1-2H3. The van der Waals surface area contributed by atoms with Gasteiger partial charge in [0.15, 0.2) is 0 Å². The van der Waals surface area contributed by atoms with E-state index in [1.54, 1.807) is 0 Å². The molecule has 2 aromatic rings. The molecule has 1 nitrogen and oxygen atoms in total. The number of rotatable bonds is 3. The first-order valence-corrected chi connectivity index (χ1v) is 8.56. The smallest absolute Gasteiger partial charge is 0.122 e. The van der Waals surface area contributed by atoms with Crippen molar-refractivity contribution in [3.05, 3.63) is 64.7 Å². The lowest BCUT2D eigenvalue weighted by Crippen LogP contribution is -2.08. The van der Waals surface area contributed by atoms with E-state index in [-0.39, 0.29) is 4.83 Å². The second kappa shape index (κ2) is 6.23. The van der Waals surface area contributed by atoms with E-state index in [9.17, 15) is 0 Å². The highest BCUT2D eigenvalue weighted by Crippen LogP contribution is 2.35. The van der Waals surface area contributed by atoms with E-state index >= 15 is 0 Å². The van der Waals surface area contributed by atoms with Gasteiger partial charge < -0.3 is 4.74 Å². The van der Waals surface area contributed by atoms with E-state index in [1.165, 1.54) is 22.3 Å². The van der Waals surface area contributed by atoms with Crippen LogP contribution in [0.1, 0.15) is 53.3 Å². The number of fused-ring (bicyclic) bond motifs is 1. The fraction of sp³-hybridized carbons (Fsp3) is 0.368. The number of aryl methyl sites for hydroxylation is 1. The van der Waals surface area contributed by atoms with Crippen LogP contribution in [0.25, 0.3) is 0 Å². The van der Waals surface area contributed by atoms with Gasteiger partial charge in [0, 0.05) is 0 Å². The molecular formula is C19H21BrO. The minimum Gasteiger partial charge on any atom is -0.493 e. The van der Waals surface area contributed by atoms with Crippen LogP contribution < -0.4 is 4.74 Å². The average molecular weight is 345 g/mol. The summed E-state index contributed by atoms with van der Waals surface area (Å²) in [5, 5.41) is 0. The van der Waals surface area contributed by atoms with Gasteiger partial charge in [0.1, 0.15) is 5.75 Å². The molecule has 0 spiro atoms. The van der Waals surface area contributed by atoms with Crippen molar-refractivity contribution in [2.24, 2.45) is 0 Å². The first-order valence-electron chi connectivity index (χ1n) is 7.64. The predicted octanol–water partition coefficient (Wildman–Crippen LogP) is 5.62. The van der Waals surface area contributed by atoms with Crippen LogP contribution in [-0.2, 0) is 6.42 Å². The molecule has 0 N–H and O–H groups in total. The average Bonchev–Trinajstić information content (AvgIpc) is 2.54. The largest absolute Gasteiger partial charge is 0.493 e. The molecule has 1 heterocycles. The highest BCUT2D eigenvalue weighted by Gasteiger charge is 2.15. The van der Waals surface area contributed by atoms with Crippen LogP contribution in [0.3, 0.4) is 0 Å². The van der Waals surface area contributed by atoms with E-state index in [1.807, 2.05) is 0 Å². The van der Waals surface area contributed by atoms with Crippen LogP contribution in [0.4, 0.5) is 0 Å². The van der Waals surface area contributed by atoms with Gasteiger partial charge in [0.25, 0.3) is 0 Å². The molecule has 0 fully saturated rings. The second-order valence-corrected chi connectivity index (χ2v) is 6.92. The maximum Gasteiger partial charge on any atom is 0.122 e. The predicted molar refractivity (Wildman–Crippen MR) is 91.6 cm³/mol. The van der Waals surface area contributed by atoms with E-state index in [0.29, 0.717) is 5.92 Å². The molecular weight excluding hydrogens is 324 g/mol. The zero-order valence-corrected chi connectivity index (χ0v) is 14.2. The van der Waals surface area contributed by atoms with E-state index < -0.39 is 0 Å². The van der Waals surface area contributed by atoms with Gasteiger partial charge in [0.2, 0.25) is 0 Å². The Bertz CT molecular complexity index is 616. The van der Waals surface area contributed by atoms with Crippen LogP contribution in [-0.4, -0.2) is 6.61 Å². The molecule has 0 saturated carbocycles. The van der Waals surface area contributed by atoms with Gasteiger partial charge >= 0.3 is 0 Å². The van der Waals surface area contributed by atoms with Gasteiger partial charge in [-0.25, -0.2) is 0 Å². The molecule has 0 radical (unpaired) electrons. The van der Waals surface area contributed by atoms with Crippen LogP contribution in [0, 0.1) is 0 Å². The fourth-order valence-electron chi connectivity index (χ4n) is 2.78. The Labute approximate surface area is 135 Å². The topological polar surface area (TPSA) is 9.23 Å². The molecule has 0 aromatic heterocycles. The normalized spacial score (nSPS) is 15.4. The van der Waals surface area contributed by atoms with Gasteiger partial charge in [-0.1, -0.05) is 66.2 Å². The Kier molecular flexibility index (Phi) is 4.34. The zero-order chi connectivity index (χ0) is 14.8. The van der Waals surface area contributed by atoms with Crippen LogP contribution >= 0.6 is 15.9 Å². The van der Waals surface area contributed by atoms with Crippen molar-refractivity contribution in [2.45, 2.75) is 37.4 Å². The third-order valence-corrected chi connectivity index (χ3v) is 5.18. The summed E-state index contributed by atoms with van der Waals surface area (Å²) in [6.45, 7) is 5.30. The second-order valence-electron chi connectivity index (χ2n) is 6.00. The van der Waals surface area contributed by atoms with Crippen molar-refractivity contribution < 1.29 is 4.74 Å². The summed E-state index contributed by atoms with van der Waals surface area (Å²) in [5.74, 6) is 1.63. The molecule has 21 heavy (non-hydrogen) atoms. The molecule has 0 bridgehead atoms. The lowest BCUT2D eigenvalue weighted by molar-refractivity contribution is 0.288. The van der Waals surface area contributed by atoms with E-state index in [2.05, 4.69) is 72.2 Å². The number of hydrogen-bond acceptors (Lipinski definition) is 1. The third-order valence-electron chi connectivity index (χ3n) is 4.12. The molecule has 2 aromatic carbocycles. The Morgan fingerprint density at radius 2 is 1.62 bits per heavy atom. The Balaban J connectivity index is 1.85. The molecule has 2 heteroatoms. The first-order chi connectivity index (χ1) is 10.1. The SMILES string of the molecule is CC(C)c1ccc(C(Br)c2ccc3c(c2)CCCO3)cc1. The summed E-state index contributed by atoms with van der Waals surface area (Å²) in [5.41, 5.74) is 5.33. The van der Waals surface area contributed by atoms with Crippen molar-refractivity contribution >= 4 is 15.9 Å². The number of halogens is 1. The highest BCUT2D eigenvalue weighted by atomic mass is 79.9. The molecule has 1 aliphatic rings. The van der Waals surface area contributed by atoms with E-state index in [4.69, 9.17) is 4.74 Å². The lowest BCUT2D eigenvalue weighted by atomic mass is 9.96. The molecule has 0 saturated heterocycles. The monoisotopic (exact) mass is 344 g/mol. The van der Waals surface area contributed by atoms with Crippen molar-refractivity contribution in [3.63, 3.8) is 0 Å². The maximum absolute atomic E-state index is 5.69. The van der Waals surface area contributed by atoms with Crippen molar-refractivity contribution in [3.8, 4) is 5.75 Å². The number of alkyl halides is 1. The third kappa shape index (κ3) is 3.16. The molecule has 110 valence electrons. The maximum atomic E-state index is 5.69. The summed E-state index contributed by atoms with van der Waals surface area (Å²) in [6, 6.07) is 15.5. The zero-order valence-electron chi connectivity index (χ0n) is 12.6. The number of hydrogen-bond donors (Lipinski definition) is 0. The fourth-order valence-corrected chi connectivity index (χ4v) is 3.37. The summed E-state index contributed by atoms with van der Waals surface area (Å²) in [4.78, 5) is 0.242. The van der Waals surface area contributed by atoms with Gasteiger partial charge in [-0.2, -0.15) is 0 Å². The minimum atomic E-state index is 0.242. The summed E-state index contributed by atoms with van der Waals surface area (Å²) >= 11 is 3.84. The molecule has 0 amide bonds. The molecule has 1 aliphatic heterocycles. The molecule has 0 aliphatic carbocycles. The van der Waals surface area contributed by atoms with Crippen molar-refractivity contribution in [2.75, 3.05) is 6.61 Å². The molecule has 1 unspecified atom stereocenters. The van der Waals surface area contributed by atoms with E-state index in [0.717, 1.165) is 25.2 Å². The summed E-state index contributed by atoms with van der Waals surface area (Å²) in [7, 11) is 0. The Morgan fingerprint density at radius 1 is 0.952 bits per heavy atom. The summed E-state index contributed by atoms with van der Waals surface area (Å²) in [6.07, 6.45) is 2.24. The number of ether oxygens (including phenoxy) is 1. The minimum absolute atomic E-state index is 0.242. The summed E-state index contributed by atoms with van der Waals surface area (Å²) < 4.78 is 5.69. The van der Waals surface area contributed by atoms with Crippen LogP contribution in [0.2, 0.25) is 0 Å². The Hall–Kier alpha value is -1.28. The van der Waals surface area contributed by atoms with Crippen molar-refractivity contribution in [1.29, 1.82) is 0 Å². The Morgan fingerprint density at radius 3 is 2.33 bits per heavy atom. The van der Waals surface area contributed by atoms with Crippen molar-refractivity contribution in [1.82, 2.24) is 0 Å². The van der Waals surface area contributed by atoms with Crippen LogP contribution in [0.15, 0.2) is 42.5 Å². The lowest BCUT2D eigenvalue weighted by Gasteiger charge is -2.20. The first kappa shape index (κ1) is 14.6. The van der Waals surface area contributed by atoms with Gasteiger partial charge in [0.05, 0.1) is 11.4 Å². The van der Waals surface area contributed by atoms with Gasteiger partial charge in [-0.3, -0.25) is 0 Å². The number of benzene rings is 2. The van der Waals surface area contributed by atoms with Gasteiger partial charge in [-0.05, 0) is 47.1 Å². The molecule has 3 rings (SSSR count). The van der Waals surface area contributed by atoms with Gasteiger partial charge in [-0.15, -0.1) is 0 Å². The highest BCUT2D eigenvalue weighted by molar-refractivity contribution is 9.09. The van der Waals surface area contributed by atoms with Crippen LogP contribution in [0.5, 0.6) is 5.75 Å². The molecule has 1 atom stereocenters.